The molecule has 1 N–H and O–H groups in total. The van der Waals surface area contributed by atoms with Gasteiger partial charge in [0.25, 0.3) is 5.91 Å². The number of hydrogen-bond donors (Lipinski definition) is 1. The van der Waals surface area contributed by atoms with Crippen LogP contribution in [0.2, 0.25) is 5.02 Å². The molecule has 0 radical (unpaired) electrons. The monoisotopic (exact) mass is 406 g/mol. The number of hydrogen-bond acceptors (Lipinski definition) is 3. The van der Waals surface area contributed by atoms with E-state index in [9.17, 15) is 4.79 Å². The van der Waals surface area contributed by atoms with Crippen LogP contribution in [0.5, 0.6) is 0 Å². The van der Waals surface area contributed by atoms with Crippen LogP contribution in [0.3, 0.4) is 0 Å². The predicted molar refractivity (Wildman–Crippen MR) is 97.9 cm³/mol. The number of nitrogens with one attached hydrogen (secondary N) is 1. The van der Waals surface area contributed by atoms with Crippen molar-refractivity contribution < 1.29 is 4.79 Å². The summed E-state index contributed by atoms with van der Waals surface area (Å²) in [5, 5.41) is 7.38. The van der Waals surface area contributed by atoms with Crippen molar-refractivity contribution in [2.24, 2.45) is 0 Å². The summed E-state index contributed by atoms with van der Waals surface area (Å²) in [4.78, 5) is 16.8. The number of pyridine rings is 1. The number of thiophene rings is 1. The Kier molecular flexibility index (Phi) is 5.10. The van der Waals surface area contributed by atoms with Crippen LogP contribution in [0.15, 0.2) is 57.8 Å². The second kappa shape index (κ2) is 7.25. The largest absolute Gasteiger partial charge is 0.348 e. The van der Waals surface area contributed by atoms with Crippen molar-refractivity contribution in [2.45, 2.75) is 6.54 Å². The van der Waals surface area contributed by atoms with Gasteiger partial charge in [-0.25, -0.2) is 0 Å². The molecule has 1 aromatic carbocycles. The maximum absolute atomic E-state index is 12.4. The van der Waals surface area contributed by atoms with E-state index >= 15 is 0 Å². The van der Waals surface area contributed by atoms with Crippen LogP contribution in [0, 0.1) is 0 Å². The maximum atomic E-state index is 12.4. The molecule has 2 heterocycles. The average molecular weight is 408 g/mol. The number of carbonyl (C=O) groups excluding carboxylic acids is 1. The first-order valence-corrected chi connectivity index (χ1v) is 8.96. The minimum atomic E-state index is -0.212. The van der Waals surface area contributed by atoms with Gasteiger partial charge >= 0.3 is 0 Å². The zero-order valence-corrected chi connectivity index (χ0v) is 15.1. The Morgan fingerprint density at radius 2 is 2.17 bits per heavy atom. The van der Waals surface area contributed by atoms with Gasteiger partial charge in [-0.1, -0.05) is 33.6 Å². The first-order chi connectivity index (χ1) is 11.1. The fourth-order valence-corrected chi connectivity index (χ4v) is 3.39. The molecule has 0 unspecified atom stereocenters. The highest BCUT2D eigenvalue weighted by atomic mass is 79.9. The molecule has 0 bridgehead atoms. The Balaban J connectivity index is 1.79. The van der Waals surface area contributed by atoms with Crippen LogP contribution in [-0.4, -0.2) is 10.9 Å². The summed E-state index contributed by atoms with van der Waals surface area (Å²) in [7, 11) is 0. The van der Waals surface area contributed by atoms with E-state index < -0.39 is 0 Å². The lowest BCUT2D eigenvalue weighted by molar-refractivity contribution is 0.0951. The van der Waals surface area contributed by atoms with E-state index in [0.29, 0.717) is 17.1 Å². The van der Waals surface area contributed by atoms with Gasteiger partial charge in [-0.05, 0) is 41.3 Å². The van der Waals surface area contributed by atoms with E-state index in [0.717, 1.165) is 21.3 Å². The normalized spacial score (nSPS) is 10.5. The molecule has 0 saturated carbocycles. The zero-order chi connectivity index (χ0) is 16.2. The van der Waals surface area contributed by atoms with E-state index in [-0.39, 0.29) is 5.91 Å². The maximum Gasteiger partial charge on any atom is 0.253 e. The van der Waals surface area contributed by atoms with Gasteiger partial charge in [0.1, 0.15) is 0 Å². The summed E-state index contributed by atoms with van der Waals surface area (Å²) >= 11 is 11.1. The Morgan fingerprint density at radius 1 is 1.30 bits per heavy atom. The van der Waals surface area contributed by atoms with Crippen LogP contribution in [-0.2, 0) is 6.54 Å². The average Bonchev–Trinajstić information content (AvgIpc) is 3.09. The van der Waals surface area contributed by atoms with Gasteiger partial charge < -0.3 is 5.32 Å². The van der Waals surface area contributed by atoms with E-state index in [1.807, 2.05) is 29.0 Å². The molecule has 0 aliphatic heterocycles. The van der Waals surface area contributed by atoms with Crippen LogP contribution in [0.25, 0.3) is 11.3 Å². The number of carbonyl (C=O) groups is 1. The van der Waals surface area contributed by atoms with Crippen molar-refractivity contribution in [1.82, 2.24) is 10.3 Å². The van der Waals surface area contributed by atoms with Gasteiger partial charge in [0.05, 0.1) is 16.3 Å². The van der Waals surface area contributed by atoms with Crippen molar-refractivity contribution in [2.75, 3.05) is 0 Å². The predicted octanol–water partition coefficient (Wildman–Crippen LogP) is 5.16. The number of amides is 1. The highest BCUT2D eigenvalue weighted by Gasteiger charge is 2.12. The fraction of sp³-hybridized carbons (Fsp3) is 0.0588. The van der Waals surface area contributed by atoms with Gasteiger partial charge in [0.15, 0.2) is 0 Å². The smallest absolute Gasteiger partial charge is 0.253 e. The second-order valence-corrected chi connectivity index (χ2v) is 6.93. The molecule has 116 valence electrons. The van der Waals surface area contributed by atoms with Crippen molar-refractivity contribution in [3.63, 3.8) is 0 Å². The third-order valence-electron chi connectivity index (χ3n) is 3.30. The van der Waals surface area contributed by atoms with Gasteiger partial charge in [-0.2, -0.15) is 11.3 Å². The first-order valence-electron chi connectivity index (χ1n) is 6.85. The molecule has 3 nitrogen and oxygen atoms in total. The van der Waals surface area contributed by atoms with Crippen molar-refractivity contribution in [1.29, 1.82) is 0 Å². The van der Waals surface area contributed by atoms with Gasteiger partial charge in [0.2, 0.25) is 0 Å². The van der Waals surface area contributed by atoms with E-state index in [1.54, 1.807) is 35.7 Å². The third-order valence-corrected chi connectivity index (χ3v) is 4.80. The lowest BCUT2D eigenvalue weighted by Crippen LogP contribution is -2.23. The van der Waals surface area contributed by atoms with E-state index in [2.05, 4.69) is 26.2 Å². The Morgan fingerprint density at radius 3 is 2.96 bits per heavy atom. The molecule has 0 saturated heterocycles. The Hall–Kier alpha value is -1.69. The van der Waals surface area contributed by atoms with E-state index in [1.165, 1.54) is 0 Å². The quantitative estimate of drug-likeness (QED) is 0.649. The minimum absolute atomic E-state index is 0.212. The third kappa shape index (κ3) is 3.80. The molecule has 1 amide bonds. The first kappa shape index (κ1) is 16.2. The molecule has 0 spiro atoms. The lowest BCUT2D eigenvalue weighted by atomic mass is 10.1. The van der Waals surface area contributed by atoms with E-state index in [4.69, 9.17) is 11.6 Å². The molecular formula is C17H12BrClN2OS. The molecule has 3 rings (SSSR count). The Bertz CT molecular complexity index is 836. The number of halogens is 2. The summed E-state index contributed by atoms with van der Waals surface area (Å²) in [5.41, 5.74) is 3.35. The number of nitrogens with zero attached hydrogens (tertiary/aromatic N) is 1. The molecule has 2 aromatic heterocycles. The summed E-state index contributed by atoms with van der Waals surface area (Å²) in [6.07, 6.45) is 1.75. The van der Waals surface area contributed by atoms with Crippen molar-refractivity contribution in [3.05, 3.63) is 74.0 Å². The SMILES string of the molecule is O=C(NCc1cccnc1-c1ccsc1)c1cc(Br)ccc1Cl. The molecule has 0 aliphatic rings. The molecule has 0 fully saturated rings. The summed E-state index contributed by atoms with van der Waals surface area (Å²) < 4.78 is 0.812. The minimum Gasteiger partial charge on any atom is -0.348 e. The number of benzene rings is 1. The highest BCUT2D eigenvalue weighted by Crippen LogP contribution is 2.24. The van der Waals surface area contributed by atoms with Crippen molar-refractivity contribution in [3.8, 4) is 11.3 Å². The molecule has 23 heavy (non-hydrogen) atoms. The summed E-state index contributed by atoms with van der Waals surface area (Å²) in [6.45, 7) is 0.390. The van der Waals surface area contributed by atoms with Crippen LogP contribution in [0.1, 0.15) is 15.9 Å². The topological polar surface area (TPSA) is 42.0 Å². The molecule has 0 atom stereocenters. The number of rotatable bonds is 4. The molecule has 0 aliphatic carbocycles. The highest BCUT2D eigenvalue weighted by molar-refractivity contribution is 9.10. The number of aromatic nitrogens is 1. The zero-order valence-electron chi connectivity index (χ0n) is 11.9. The summed E-state index contributed by atoms with van der Waals surface area (Å²) in [6, 6.07) is 11.0. The Labute approximate surface area is 151 Å². The molecule has 3 aromatic rings. The van der Waals surface area contributed by atoms with Crippen LogP contribution >= 0.6 is 38.9 Å². The fourth-order valence-electron chi connectivity index (χ4n) is 2.18. The van der Waals surface area contributed by atoms with Crippen LogP contribution < -0.4 is 5.32 Å². The molecular weight excluding hydrogens is 396 g/mol. The van der Waals surface area contributed by atoms with Crippen molar-refractivity contribution >= 4 is 44.8 Å². The molecule has 6 heteroatoms. The second-order valence-electron chi connectivity index (χ2n) is 4.83. The van der Waals surface area contributed by atoms with Gasteiger partial charge in [-0.3, -0.25) is 9.78 Å². The lowest BCUT2D eigenvalue weighted by Gasteiger charge is -2.10. The van der Waals surface area contributed by atoms with Crippen LogP contribution in [0.4, 0.5) is 0 Å². The van der Waals surface area contributed by atoms with Gasteiger partial charge in [0, 0.05) is 28.2 Å². The van der Waals surface area contributed by atoms with Gasteiger partial charge in [-0.15, -0.1) is 0 Å². The summed E-state index contributed by atoms with van der Waals surface area (Å²) in [5.74, 6) is -0.212. The standard InChI is InChI=1S/C17H12BrClN2OS/c18-13-3-4-15(19)14(8-13)17(22)21-9-11-2-1-6-20-16(11)12-5-7-23-10-12/h1-8,10H,9H2,(H,21,22).